The molecule has 7 rings (SSSR count). The van der Waals surface area contributed by atoms with Crippen LogP contribution >= 0.6 is 0 Å². The maximum Gasteiger partial charge on any atom is 0.410 e. The summed E-state index contributed by atoms with van der Waals surface area (Å²) in [5.74, 6) is 1.82. The molecule has 12 nitrogen and oxygen atoms in total. The van der Waals surface area contributed by atoms with Gasteiger partial charge < -0.3 is 46.0 Å². The standard InChI is InChI=1S/C25H29NO5.C18H23NO5.CH4.CH3/c1-24(2,3)31-23(28)26-13-11-25(12-14-26)16-21(27)20-10-9-19(15-22(20)30-25)29-17-18-7-5-4-6-8-18;1-17(2,3)24-16(22)19-8-6-18(7-9-19)11-14(21)13-5-4-12(20)10-15(13)23-18;;/h4-10,15H,11-14,16-17H2,1-3H3;4-5,10,20H,6-9,11H2,1-3H3;1H4;1H3/q;;;-1. The smallest absolute Gasteiger partial charge is 0.410 e. The van der Waals surface area contributed by atoms with Gasteiger partial charge in [-0.15, -0.1) is 0 Å². The molecule has 2 spiro atoms. The molecule has 57 heavy (non-hydrogen) atoms. The van der Waals surface area contributed by atoms with Gasteiger partial charge in [0.1, 0.15) is 52.0 Å². The first kappa shape index (κ1) is 44.5. The van der Waals surface area contributed by atoms with E-state index in [1.807, 2.05) is 77.9 Å². The number of phenolic OH excluding ortho intramolecular Hbond substituents is 1. The highest BCUT2D eigenvalue weighted by molar-refractivity contribution is 6.01. The summed E-state index contributed by atoms with van der Waals surface area (Å²) in [5, 5.41) is 9.62. The van der Waals surface area contributed by atoms with Gasteiger partial charge in [-0.3, -0.25) is 9.59 Å². The largest absolute Gasteiger partial charge is 0.508 e. The second-order valence-electron chi connectivity index (χ2n) is 16.8. The van der Waals surface area contributed by atoms with E-state index in [0.717, 1.165) is 5.56 Å². The Labute approximate surface area is 337 Å². The lowest BCUT2D eigenvalue weighted by atomic mass is 9.82. The van der Waals surface area contributed by atoms with Crippen molar-refractivity contribution >= 4 is 23.8 Å². The van der Waals surface area contributed by atoms with Gasteiger partial charge in [0, 0.05) is 64.0 Å². The Morgan fingerprint density at radius 2 is 1.12 bits per heavy atom. The van der Waals surface area contributed by atoms with Crippen molar-refractivity contribution in [1.82, 2.24) is 9.80 Å². The number of Topliss-reactive ketones (excluding diaryl/α,β-unsaturated/α-hetero) is 2. The Hall–Kier alpha value is -5.26. The number of aromatic hydroxyl groups is 1. The van der Waals surface area contributed by atoms with Crippen LogP contribution in [0.5, 0.6) is 23.0 Å². The molecule has 12 heteroatoms. The number of likely N-dealkylation sites (tertiary alicyclic amines) is 2. The second kappa shape index (κ2) is 17.5. The second-order valence-corrected chi connectivity index (χ2v) is 16.8. The van der Waals surface area contributed by atoms with E-state index in [2.05, 4.69) is 0 Å². The van der Waals surface area contributed by atoms with E-state index in [9.17, 15) is 24.3 Å². The van der Waals surface area contributed by atoms with Crippen LogP contribution in [-0.4, -0.2) is 87.2 Å². The molecule has 0 bridgehead atoms. The molecule has 0 aromatic heterocycles. The maximum atomic E-state index is 12.8. The molecular formula is C45H59N2O10-. The molecule has 310 valence electrons. The number of rotatable bonds is 3. The zero-order valence-corrected chi connectivity index (χ0v) is 33.6. The summed E-state index contributed by atoms with van der Waals surface area (Å²) in [6, 6.07) is 19.9. The number of ketones is 2. The molecule has 3 aromatic carbocycles. The van der Waals surface area contributed by atoms with Gasteiger partial charge in [0.15, 0.2) is 11.6 Å². The van der Waals surface area contributed by atoms with Crippen LogP contribution in [0.25, 0.3) is 0 Å². The monoisotopic (exact) mass is 787 g/mol. The van der Waals surface area contributed by atoms with E-state index >= 15 is 0 Å². The fraction of sp³-hybridized carbons (Fsp3) is 0.489. The third kappa shape index (κ3) is 11.2. The molecule has 2 amide bonds. The zero-order valence-electron chi connectivity index (χ0n) is 33.6. The van der Waals surface area contributed by atoms with Gasteiger partial charge in [-0.25, -0.2) is 9.59 Å². The average Bonchev–Trinajstić information content (AvgIpc) is 3.10. The van der Waals surface area contributed by atoms with Gasteiger partial charge in [0.25, 0.3) is 0 Å². The minimum atomic E-state index is -0.601. The molecule has 0 saturated carbocycles. The number of carbonyl (C=O) groups is 4. The van der Waals surface area contributed by atoms with Crippen molar-refractivity contribution in [2.75, 3.05) is 26.2 Å². The van der Waals surface area contributed by atoms with Gasteiger partial charge in [0.05, 0.1) is 24.0 Å². The Morgan fingerprint density at radius 3 is 1.58 bits per heavy atom. The van der Waals surface area contributed by atoms with Crippen molar-refractivity contribution in [3.63, 3.8) is 0 Å². The van der Waals surface area contributed by atoms with Crippen LogP contribution in [0, 0.1) is 7.43 Å². The van der Waals surface area contributed by atoms with E-state index < -0.39 is 22.4 Å². The van der Waals surface area contributed by atoms with E-state index in [-0.39, 0.29) is 44.4 Å². The highest BCUT2D eigenvalue weighted by Gasteiger charge is 2.46. The molecule has 0 atom stereocenters. The van der Waals surface area contributed by atoms with E-state index in [1.165, 1.54) is 12.1 Å². The van der Waals surface area contributed by atoms with Crippen molar-refractivity contribution in [3.05, 3.63) is 90.8 Å². The normalized spacial score (nSPS) is 17.9. The molecule has 3 aromatic rings. The van der Waals surface area contributed by atoms with Crippen LogP contribution < -0.4 is 14.2 Å². The predicted molar refractivity (Wildman–Crippen MR) is 217 cm³/mol. The lowest BCUT2D eigenvalue weighted by Crippen LogP contribution is -2.52. The summed E-state index contributed by atoms with van der Waals surface area (Å²) in [7, 11) is 0. The maximum absolute atomic E-state index is 12.8. The highest BCUT2D eigenvalue weighted by atomic mass is 16.6. The Morgan fingerprint density at radius 1 is 0.684 bits per heavy atom. The summed E-state index contributed by atoms with van der Waals surface area (Å²) >= 11 is 0. The molecule has 4 heterocycles. The summed E-state index contributed by atoms with van der Waals surface area (Å²) in [5.41, 5.74) is -0.0706. The molecule has 0 aliphatic carbocycles. The summed E-state index contributed by atoms with van der Waals surface area (Å²) in [4.78, 5) is 53.1. The molecule has 0 unspecified atom stereocenters. The quantitative estimate of drug-likeness (QED) is 0.256. The molecule has 2 saturated heterocycles. The number of carbonyl (C=O) groups excluding carboxylic acids is 4. The van der Waals surface area contributed by atoms with Crippen LogP contribution in [0.1, 0.15) is 114 Å². The van der Waals surface area contributed by atoms with Crippen LogP contribution in [0.2, 0.25) is 0 Å². The third-order valence-electron chi connectivity index (χ3n) is 10.0. The lowest BCUT2D eigenvalue weighted by molar-refractivity contribution is -0.0241. The number of amides is 2. The van der Waals surface area contributed by atoms with Crippen LogP contribution in [-0.2, 0) is 16.1 Å². The van der Waals surface area contributed by atoms with Crippen LogP contribution in [0.15, 0.2) is 66.7 Å². The number of ether oxygens (including phenoxy) is 5. The number of hydrogen-bond acceptors (Lipinski definition) is 10. The fourth-order valence-corrected chi connectivity index (χ4v) is 7.19. The Balaban J connectivity index is 0.000000251. The van der Waals surface area contributed by atoms with Crippen molar-refractivity contribution in [1.29, 1.82) is 0 Å². The number of nitrogens with zero attached hydrogens (tertiary/aromatic N) is 2. The topological polar surface area (TPSA) is 141 Å². The summed E-state index contributed by atoms with van der Waals surface area (Å²) in [6.07, 6.45) is 2.28. The van der Waals surface area contributed by atoms with Crippen molar-refractivity contribution in [2.24, 2.45) is 0 Å². The molecular weight excluding hydrogens is 728 g/mol. The highest BCUT2D eigenvalue weighted by Crippen LogP contribution is 2.42. The number of piperidine rings is 2. The zero-order chi connectivity index (χ0) is 39.6. The number of hydrogen-bond donors (Lipinski definition) is 1. The van der Waals surface area contributed by atoms with Gasteiger partial charge in [0.2, 0.25) is 0 Å². The van der Waals surface area contributed by atoms with Crippen molar-refractivity contribution in [3.8, 4) is 23.0 Å². The van der Waals surface area contributed by atoms with Crippen LogP contribution in [0.4, 0.5) is 9.59 Å². The SMILES string of the molecule is C.CC(C)(C)OC(=O)N1CCC2(CC1)CC(=O)c1ccc(O)cc1O2.CC(C)(C)OC(=O)N1CCC2(CC1)CC(=O)c1ccc(OCc3ccccc3)cc1O2.[CH3-]. The molecule has 1 N–H and O–H groups in total. The lowest BCUT2D eigenvalue weighted by Gasteiger charge is -2.44. The van der Waals surface area contributed by atoms with E-state index in [1.54, 1.807) is 28.0 Å². The minimum absolute atomic E-state index is 0. The number of benzene rings is 3. The minimum Gasteiger partial charge on any atom is -0.508 e. The van der Waals surface area contributed by atoms with Crippen molar-refractivity contribution in [2.45, 2.75) is 117 Å². The van der Waals surface area contributed by atoms with Gasteiger partial charge in [-0.2, -0.15) is 0 Å². The molecule has 0 radical (unpaired) electrons. The first-order valence-corrected chi connectivity index (χ1v) is 18.9. The molecule has 2 fully saturated rings. The van der Waals surface area contributed by atoms with Gasteiger partial charge >= 0.3 is 12.2 Å². The first-order chi connectivity index (χ1) is 25.9. The molecule has 4 aliphatic rings. The number of phenols is 1. The van der Waals surface area contributed by atoms with E-state index in [4.69, 9.17) is 23.7 Å². The Bertz CT molecular complexity index is 1900. The van der Waals surface area contributed by atoms with Gasteiger partial charge in [-0.1, -0.05) is 37.8 Å². The van der Waals surface area contributed by atoms with Crippen LogP contribution in [0.3, 0.4) is 0 Å². The molecule has 4 aliphatic heterocycles. The van der Waals surface area contributed by atoms with E-state index in [0.29, 0.717) is 99.7 Å². The van der Waals surface area contributed by atoms with Gasteiger partial charge in [-0.05, 0) is 71.4 Å². The average molecular weight is 788 g/mol. The third-order valence-corrected chi connectivity index (χ3v) is 10.0. The fourth-order valence-electron chi connectivity index (χ4n) is 7.19. The summed E-state index contributed by atoms with van der Waals surface area (Å²) in [6.45, 7) is 13.5. The van der Waals surface area contributed by atoms with Crippen molar-refractivity contribution < 1.29 is 48.0 Å². The predicted octanol–water partition coefficient (Wildman–Crippen LogP) is 9.21. The summed E-state index contributed by atoms with van der Waals surface area (Å²) < 4.78 is 29.2. The first-order valence-electron chi connectivity index (χ1n) is 18.9. The number of fused-ring (bicyclic) bond motifs is 2. The Kier molecular flexibility index (Phi) is 13.6.